The predicted octanol–water partition coefficient (Wildman–Crippen LogP) is 3.01. The molecule has 0 bridgehead atoms. The standard InChI is InChI=1S/C9H5ClN2S/c10-7-3-5(4-11)8(12)9-6(7)1-2-13-9/h1-3H,12H2. The zero-order valence-electron chi connectivity index (χ0n) is 6.54. The lowest BCUT2D eigenvalue weighted by atomic mass is 10.1. The van der Waals surface area contributed by atoms with E-state index in [1.807, 2.05) is 17.5 Å². The number of halogens is 1. The third-order valence-electron chi connectivity index (χ3n) is 1.85. The van der Waals surface area contributed by atoms with Crippen molar-refractivity contribution in [3.8, 4) is 6.07 Å². The third-order valence-corrected chi connectivity index (χ3v) is 3.11. The number of rotatable bonds is 0. The zero-order valence-corrected chi connectivity index (χ0v) is 8.12. The van der Waals surface area contributed by atoms with Crippen LogP contribution in [0.5, 0.6) is 0 Å². The van der Waals surface area contributed by atoms with Gasteiger partial charge in [0.25, 0.3) is 0 Å². The second-order valence-corrected chi connectivity index (χ2v) is 3.92. The van der Waals surface area contributed by atoms with Crippen molar-refractivity contribution >= 4 is 38.7 Å². The first-order chi connectivity index (χ1) is 6.24. The summed E-state index contributed by atoms with van der Waals surface area (Å²) in [6.07, 6.45) is 0. The molecule has 0 radical (unpaired) electrons. The van der Waals surface area contributed by atoms with Crippen LogP contribution in [0.1, 0.15) is 5.56 Å². The van der Waals surface area contributed by atoms with Crippen molar-refractivity contribution in [1.82, 2.24) is 0 Å². The molecule has 0 unspecified atom stereocenters. The summed E-state index contributed by atoms with van der Waals surface area (Å²) in [5, 5.41) is 12.2. The molecule has 1 aromatic heterocycles. The molecule has 0 aliphatic rings. The molecule has 0 spiro atoms. The Bertz CT molecular complexity index is 510. The molecule has 2 rings (SSSR count). The molecule has 1 heterocycles. The summed E-state index contributed by atoms with van der Waals surface area (Å²) in [5.74, 6) is 0. The number of benzene rings is 1. The maximum atomic E-state index is 8.76. The van der Waals surface area contributed by atoms with E-state index >= 15 is 0 Å². The summed E-state index contributed by atoms with van der Waals surface area (Å²) in [5.41, 5.74) is 6.74. The predicted molar refractivity (Wildman–Crippen MR) is 56.0 cm³/mol. The van der Waals surface area contributed by atoms with Gasteiger partial charge in [-0.1, -0.05) is 11.6 Å². The molecule has 1 aromatic carbocycles. The molecular weight excluding hydrogens is 204 g/mol. The zero-order chi connectivity index (χ0) is 9.42. The minimum absolute atomic E-state index is 0.444. The molecule has 2 N–H and O–H groups in total. The van der Waals surface area contributed by atoms with Gasteiger partial charge in [0.05, 0.1) is 21.0 Å². The fraction of sp³-hybridized carbons (Fsp3) is 0. The number of nitrogens with two attached hydrogens (primary N) is 1. The van der Waals surface area contributed by atoms with Gasteiger partial charge in [0, 0.05) is 5.39 Å². The quantitative estimate of drug-likeness (QED) is 0.677. The summed E-state index contributed by atoms with van der Waals surface area (Å²) < 4.78 is 0.893. The molecule has 4 heteroatoms. The second-order valence-electron chi connectivity index (χ2n) is 2.59. The van der Waals surface area contributed by atoms with E-state index in [9.17, 15) is 0 Å². The fourth-order valence-corrected chi connectivity index (χ4v) is 2.41. The van der Waals surface area contributed by atoms with Gasteiger partial charge in [-0.2, -0.15) is 5.26 Å². The Morgan fingerprint density at radius 1 is 1.54 bits per heavy atom. The van der Waals surface area contributed by atoms with E-state index < -0.39 is 0 Å². The van der Waals surface area contributed by atoms with E-state index in [4.69, 9.17) is 22.6 Å². The van der Waals surface area contributed by atoms with Crippen molar-refractivity contribution in [3.63, 3.8) is 0 Å². The van der Waals surface area contributed by atoms with Crippen LogP contribution in [-0.4, -0.2) is 0 Å². The molecule has 0 amide bonds. The summed E-state index contributed by atoms with van der Waals surface area (Å²) in [6.45, 7) is 0. The van der Waals surface area contributed by atoms with Gasteiger partial charge < -0.3 is 5.73 Å². The highest BCUT2D eigenvalue weighted by molar-refractivity contribution is 7.18. The Hall–Kier alpha value is -1.24. The first-order valence-corrected chi connectivity index (χ1v) is 4.85. The minimum atomic E-state index is 0.444. The van der Waals surface area contributed by atoms with Crippen LogP contribution in [0.3, 0.4) is 0 Å². The van der Waals surface area contributed by atoms with Crippen LogP contribution in [0.4, 0.5) is 5.69 Å². The molecule has 0 fully saturated rings. The van der Waals surface area contributed by atoms with Crippen LogP contribution in [0, 0.1) is 11.3 Å². The number of nitrogen functional groups attached to an aromatic ring is 1. The van der Waals surface area contributed by atoms with Crippen LogP contribution in [0.15, 0.2) is 17.5 Å². The van der Waals surface area contributed by atoms with Crippen LogP contribution < -0.4 is 5.73 Å². The summed E-state index contributed by atoms with van der Waals surface area (Å²) in [7, 11) is 0. The number of anilines is 1. The van der Waals surface area contributed by atoms with Crippen molar-refractivity contribution in [3.05, 3.63) is 28.1 Å². The van der Waals surface area contributed by atoms with Gasteiger partial charge in [0.2, 0.25) is 0 Å². The number of fused-ring (bicyclic) bond motifs is 1. The molecule has 64 valence electrons. The Morgan fingerprint density at radius 2 is 2.31 bits per heavy atom. The normalized spacial score (nSPS) is 10.2. The molecule has 0 aliphatic heterocycles. The average molecular weight is 209 g/mol. The van der Waals surface area contributed by atoms with Crippen LogP contribution in [-0.2, 0) is 0 Å². The van der Waals surface area contributed by atoms with Gasteiger partial charge in [-0.25, -0.2) is 0 Å². The number of hydrogen-bond acceptors (Lipinski definition) is 3. The van der Waals surface area contributed by atoms with Crippen molar-refractivity contribution in [2.75, 3.05) is 5.73 Å². The van der Waals surface area contributed by atoms with Gasteiger partial charge in [0.15, 0.2) is 0 Å². The van der Waals surface area contributed by atoms with Gasteiger partial charge in [-0.3, -0.25) is 0 Å². The largest absolute Gasteiger partial charge is 0.396 e. The summed E-state index contributed by atoms with van der Waals surface area (Å²) in [4.78, 5) is 0. The van der Waals surface area contributed by atoms with E-state index in [0.717, 1.165) is 10.1 Å². The molecule has 0 atom stereocenters. The maximum absolute atomic E-state index is 8.76. The Morgan fingerprint density at radius 3 is 3.00 bits per heavy atom. The molecule has 0 aliphatic carbocycles. The minimum Gasteiger partial charge on any atom is -0.396 e. The van der Waals surface area contributed by atoms with E-state index in [0.29, 0.717) is 16.3 Å². The molecule has 0 saturated carbocycles. The maximum Gasteiger partial charge on any atom is 0.101 e. The SMILES string of the molecule is N#Cc1cc(Cl)c2ccsc2c1N. The molecule has 2 nitrogen and oxygen atoms in total. The second kappa shape index (κ2) is 2.91. The Balaban J connectivity index is 2.95. The highest BCUT2D eigenvalue weighted by Gasteiger charge is 2.08. The monoisotopic (exact) mass is 208 g/mol. The van der Waals surface area contributed by atoms with E-state index in [2.05, 4.69) is 0 Å². The fourth-order valence-electron chi connectivity index (χ4n) is 1.20. The lowest BCUT2D eigenvalue weighted by Gasteiger charge is -2.00. The van der Waals surface area contributed by atoms with Crippen molar-refractivity contribution in [2.45, 2.75) is 0 Å². The lowest BCUT2D eigenvalue weighted by Crippen LogP contribution is -1.90. The Labute approximate surface area is 84.2 Å². The summed E-state index contributed by atoms with van der Waals surface area (Å²) >= 11 is 7.45. The first kappa shape index (κ1) is 8.36. The molecule has 0 saturated heterocycles. The van der Waals surface area contributed by atoms with E-state index in [1.165, 1.54) is 11.3 Å². The highest BCUT2D eigenvalue weighted by atomic mass is 35.5. The van der Waals surface area contributed by atoms with E-state index in [-0.39, 0.29) is 0 Å². The third kappa shape index (κ3) is 1.15. The highest BCUT2D eigenvalue weighted by Crippen LogP contribution is 2.34. The smallest absolute Gasteiger partial charge is 0.101 e. The van der Waals surface area contributed by atoms with Crippen molar-refractivity contribution in [2.24, 2.45) is 0 Å². The number of nitrogens with zero attached hydrogens (tertiary/aromatic N) is 1. The topological polar surface area (TPSA) is 49.8 Å². The van der Waals surface area contributed by atoms with Crippen molar-refractivity contribution in [1.29, 1.82) is 5.26 Å². The number of thiophene rings is 1. The van der Waals surface area contributed by atoms with Gasteiger partial charge in [0.1, 0.15) is 6.07 Å². The van der Waals surface area contributed by atoms with Crippen LogP contribution in [0.25, 0.3) is 10.1 Å². The first-order valence-electron chi connectivity index (χ1n) is 3.59. The number of hydrogen-bond donors (Lipinski definition) is 1. The molecule has 2 aromatic rings. The van der Waals surface area contributed by atoms with Gasteiger partial charge >= 0.3 is 0 Å². The van der Waals surface area contributed by atoms with Crippen LogP contribution >= 0.6 is 22.9 Å². The summed E-state index contributed by atoms with van der Waals surface area (Å²) in [6, 6.07) is 5.52. The molecular formula is C9H5ClN2S. The van der Waals surface area contributed by atoms with Gasteiger partial charge in [-0.05, 0) is 17.5 Å². The average Bonchev–Trinajstić information content (AvgIpc) is 2.60. The Kier molecular flexibility index (Phi) is 1.87. The van der Waals surface area contributed by atoms with E-state index in [1.54, 1.807) is 6.07 Å². The molecule has 13 heavy (non-hydrogen) atoms. The van der Waals surface area contributed by atoms with Crippen LogP contribution in [0.2, 0.25) is 5.02 Å². The lowest BCUT2D eigenvalue weighted by molar-refractivity contribution is 1.50. The van der Waals surface area contributed by atoms with Gasteiger partial charge in [-0.15, -0.1) is 11.3 Å². The number of nitriles is 1. The van der Waals surface area contributed by atoms with Crippen molar-refractivity contribution < 1.29 is 0 Å².